The molecule has 0 aliphatic rings. The standard InChI is InChI=1S/C21H25ClN2O2S/c1-3-23-21(26)16(2)24(15-17-9-7-8-12-19(17)22)20(25)13-14-27-18-10-5-4-6-11-18/h4-12,16H,3,13-15H2,1-2H3,(H,23,26)/t16-/m0/s1. The molecule has 0 fully saturated rings. The number of hydrogen-bond acceptors (Lipinski definition) is 3. The molecule has 2 rings (SSSR count). The van der Waals surface area contributed by atoms with E-state index in [2.05, 4.69) is 5.32 Å². The minimum atomic E-state index is -0.560. The van der Waals surface area contributed by atoms with Crippen LogP contribution in [-0.4, -0.2) is 35.1 Å². The fourth-order valence-corrected chi connectivity index (χ4v) is 3.69. The predicted octanol–water partition coefficient (Wildman–Crippen LogP) is 4.38. The highest BCUT2D eigenvalue weighted by molar-refractivity contribution is 7.99. The molecule has 1 atom stereocenters. The number of nitrogens with zero attached hydrogens (tertiary/aromatic N) is 1. The monoisotopic (exact) mass is 404 g/mol. The van der Waals surface area contributed by atoms with Crippen LogP contribution in [0.5, 0.6) is 0 Å². The molecule has 2 aromatic carbocycles. The smallest absolute Gasteiger partial charge is 0.242 e. The Morgan fingerprint density at radius 2 is 1.78 bits per heavy atom. The first-order chi connectivity index (χ1) is 13.0. The lowest BCUT2D eigenvalue weighted by Crippen LogP contribution is -2.47. The predicted molar refractivity (Wildman–Crippen MR) is 112 cm³/mol. The Labute approximate surface area is 170 Å². The van der Waals surface area contributed by atoms with Gasteiger partial charge in [0.05, 0.1) is 0 Å². The largest absolute Gasteiger partial charge is 0.355 e. The van der Waals surface area contributed by atoms with Crippen molar-refractivity contribution in [1.29, 1.82) is 0 Å². The molecular weight excluding hydrogens is 380 g/mol. The molecule has 0 bridgehead atoms. The van der Waals surface area contributed by atoms with Gasteiger partial charge in [-0.1, -0.05) is 48.0 Å². The van der Waals surface area contributed by atoms with E-state index in [9.17, 15) is 9.59 Å². The Bertz CT molecular complexity index is 755. The molecule has 0 heterocycles. The maximum Gasteiger partial charge on any atom is 0.242 e. The van der Waals surface area contributed by atoms with Gasteiger partial charge in [0, 0.05) is 35.2 Å². The van der Waals surface area contributed by atoms with Gasteiger partial charge in [0.15, 0.2) is 0 Å². The maximum absolute atomic E-state index is 12.9. The minimum absolute atomic E-state index is 0.0582. The van der Waals surface area contributed by atoms with Gasteiger partial charge in [0.2, 0.25) is 11.8 Å². The van der Waals surface area contributed by atoms with Crippen LogP contribution in [0.15, 0.2) is 59.5 Å². The number of thioether (sulfide) groups is 1. The molecule has 0 radical (unpaired) electrons. The average Bonchev–Trinajstić information content (AvgIpc) is 2.67. The van der Waals surface area contributed by atoms with E-state index in [0.717, 1.165) is 10.5 Å². The van der Waals surface area contributed by atoms with E-state index in [1.807, 2.05) is 55.5 Å². The fraction of sp³-hybridized carbons (Fsp3) is 0.333. The van der Waals surface area contributed by atoms with Crippen molar-refractivity contribution in [1.82, 2.24) is 10.2 Å². The first-order valence-corrected chi connectivity index (χ1v) is 10.4. The van der Waals surface area contributed by atoms with E-state index >= 15 is 0 Å². The Morgan fingerprint density at radius 1 is 1.11 bits per heavy atom. The van der Waals surface area contributed by atoms with Crippen LogP contribution < -0.4 is 5.32 Å². The van der Waals surface area contributed by atoms with Gasteiger partial charge in [-0.2, -0.15) is 0 Å². The van der Waals surface area contributed by atoms with Crippen LogP contribution in [0.2, 0.25) is 5.02 Å². The first-order valence-electron chi connectivity index (χ1n) is 9.01. The van der Waals surface area contributed by atoms with E-state index in [1.165, 1.54) is 0 Å². The molecule has 6 heteroatoms. The lowest BCUT2D eigenvalue weighted by molar-refractivity contribution is -0.140. The molecule has 2 aromatic rings. The summed E-state index contributed by atoms with van der Waals surface area (Å²) < 4.78 is 0. The van der Waals surface area contributed by atoms with Gasteiger partial charge in [-0.25, -0.2) is 0 Å². The van der Waals surface area contributed by atoms with Crippen molar-refractivity contribution in [2.45, 2.75) is 37.8 Å². The van der Waals surface area contributed by atoms with E-state index in [4.69, 9.17) is 11.6 Å². The zero-order valence-electron chi connectivity index (χ0n) is 15.7. The third-order valence-electron chi connectivity index (χ3n) is 4.14. The van der Waals surface area contributed by atoms with Gasteiger partial charge in [-0.15, -0.1) is 11.8 Å². The molecule has 4 nitrogen and oxygen atoms in total. The number of rotatable bonds is 9. The van der Waals surface area contributed by atoms with Gasteiger partial charge in [0.1, 0.15) is 6.04 Å². The van der Waals surface area contributed by atoms with E-state index < -0.39 is 6.04 Å². The Hall–Kier alpha value is -1.98. The summed E-state index contributed by atoms with van der Waals surface area (Å²) in [7, 11) is 0. The summed E-state index contributed by atoms with van der Waals surface area (Å²) in [5, 5.41) is 3.39. The van der Waals surface area contributed by atoms with Crippen molar-refractivity contribution >= 4 is 35.2 Å². The third kappa shape index (κ3) is 6.60. The second-order valence-corrected chi connectivity index (χ2v) is 7.67. The zero-order chi connectivity index (χ0) is 19.6. The highest BCUT2D eigenvalue weighted by Gasteiger charge is 2.26. The summed E-state index contributed by atoms with van der Waals surface area (Å²) in [5.41, 5.74) is 0.833. The highest BCUT2D eigenvalue weighted by Crippen LogP contribution is 2.21. The molecule has 2 amide bonds. The summed E-state index contributed by atoms with van der Waals surface area (Å²) in [5.74, 6) is 0.440. The first kappa shape index (κ1) is 21.3. The lowest BCUT2D eigenvalue weighted by Gasteiger charge is -2.29. The van der Waals surface area contributed by atoms with Crippen LogP contribution in [0.25, 0.3) is 0 Å². The highest BCUT2D eigenvalue weighted by atomic mass is 35.5. The molecule has 27 heavy (non-hydrogen) atoms. The Balaban J connectivity index is 2.06. The summed E-state index contributed by atoms with van der Waals surface area (Å²) in [6.45, 7) is 4.46. The molecular formula is C21H25ClN2O2S. The van der Waals surface area contributed by atoms with Crippen molar-refractivity contribution in [3.05, 3.63) is 65.2 Å². The summed E-state index contributed by atoms with van der Waals surface area (Å²) in [6.07, 6.45) is 0.355. The molecule has 144 valence electrons. The lowest BCUT2D eigenvalue weighted by atomic mass is 10.1. The maximum atomic E-state index is 12.9. The van der Waals surface area contributed by atoms with Gasteiger partial charge < -0.3 is 10.2 Å². The van der Waals surface area contributed by atoms with Gasteiger partial charge >= 0.3 is 0 Å². The summed E-state index contributed by atoms with van der Waals surface area (Å²) in [6, 6.07) is 16.8. The minimum Gasteiger partial charge on any atom is -0.355 e. The van der Waals surface area contributed by atoms with Gasteiger partial charge in [0.25, 0.3) is 0 Å². The second kappa shape index (κ2) is 11.0. The van der Waals surface area contributed by atoms with E-state index in [0.29, 0.717) is 30.3 Å². The van der Waals surface area contributed by atoms with Crippen LogP contribution in [0, 0.1) is 0 Å². The zero-order valence-corrected chi connectivity index (χ0v) is 17.2. The molecule has 0 aliphatic heterocycles. The fourth-order valence-electron chi connectivity index (χ4n) is 2.63. The second-order valence-electron chi connectivity index (χ2n) is 6.10. The van der Waals surface area contributed by atoms with Gasteiger partial charge in [-0.3, -0.25) is 9.59 Å². The van der Waals surface area contributed by atoms with Gasteiger partial charge in [-0.05, 0) is 37.6 Å². The number of amides is 2. The Kier molecular flexibility index (Phi) is 8.69. The summed E-state index contributed by atoms with van der Waals surface area (Å²) in [4.78, 5) is 27.9. The summed E-state index contributed by atoms with van der Waals surface area (Å²) >= 11 is 7.89. The number of likely N-dealkylation sites (N-methyl/N-ethyl adjacent to an activating group) is 1. The normalized spacial score (nSPS) is 11.7. The van der Waals surface area contributed by atoms with Crippen LogP contribution in [-0.2, 0) is 16.1 Å². The molecule has 0 spiro atoms. The molecule has 0 unspecified atom stereocenters. The van der Waals surface area contributed by atoms with Crippen molar-refractivity contribution < 1.29 is 9.59 Å². The van der Waals surface area contributed by atoms with Crippen molar-refractivity contribution in [2.24, 2.45) is 0 Å². The number of benzene rings is 2. The number of carbonyl (C=O) groups is 2. The van der Waals surface area contributed by atoms with E-state index in [1.54, 1.807) is 29.7 Å². The van der Waals surface area contributed by atoms with Crippen LogP contribution in [0.3, 0.4) is 0 Å². The molecule has 1 N–H and O–H groups in total. The van der Waals surface area contributed by atoms with Crippen molar-refractivity contribution in [3.8, 4) is 0 Å². The third-order valence-corrected chi connectivity index (χ3v) is 5.53. The van der Waals surface area contributed by atoms with Crippen LogP contribution in [0.4, 0.5) is 0 Å². The van der Waals surface area contributed by atoms with E-state index in [-0.39, 0.29) is 11.8 Å². The number of carbonyl (C=O) groups excluding carboxylic acids is 2. The number of hydrogen-bond donors (Lipinski definition) is 1. The topological polar surface area (TPSA) is 49.4 Å². The van der Waals surface area contributed by atoms with Crippen LogP contribution >= 0.6 is 23.4 Å². The molecule has 0 aliphatic carbocycles. The van der Waals surface area contributed by atoms with Crippen molar-refractivity contribution in [2.75, 3.05) is 12.3 Å². The molecule has 0 aromatic heterocycles. The van der Waals surface area contributed by atoms with Crippen molar-refractivity contribution in [3.63, 3.8) is 0 Å². The van der Waals surface area contributed by atoms with Crippen LogP contribution in [0.1, 0.15) is 25.8 Å². The molecule has 0 saturated heterocycles. The number of nitrogens with one attached hydrogen (secondary N) is 1. The Morgan fingerprint density at radius 3 is 2.44 bits per heavy atom. The number of halogens is 1. The SMILES string of the molecule is CCNC(=O)[C@H](C)N(Cc1ccccc1Cl)C(=O)CCSc1ccccc1. The molecule has 0 saturated carbocycles. The quantitative estimate of drug-likeness (QED) is 0.631. The average molecular weight is 405 g/mol.